The first-order valence-corrected chi connectivity index (χ1v) is 3.41. The van der Waals surface area contributed by atoms with Gasteiger partial charge in [-0.15, -0.1) is 0 Å². The van der Waals surface area contributed by atoms with Gasteiger partial charge in [0.2, 0.25) is 0 Å². The quantitative estimate of drug-likeness (QED) is 0.585. The van der Waals surface area contributed by atoms with Crippen molar-refractivity contribution >= 4 is 0 Å². The average Bonchev–Trinajstić information content (AvgIpc) is 1.90. The Morgan fingerprint density at radius 2 is 1.80 bits per heavy atom. The fourth-order valence-electron chi connectivity index (χ4n) is 0.519. The van der Waals surface area contributed by atoms with E-state index in [-0.39, 0.29) is 6.61 Å². The Hall–Kier alpha value is -0.700. The van der Waals surface area contributed by atoms with E-state index in [1.165, 1.54) is 6.08 Å². The van der Waals surface area contributed by atoms with Gasteiger partial charge in [-0.3, -0.25) is 0 Å². The molecule has 0 rings (SSSR count). The van der Waals surface area contributed by atoms with Gasteiger partial charge in [0.25, 0.3) is 5.95 Å². The molecule has 60 valence electrons. The summed E-state index contributed by atoms with van der Waals surface area (Å²) in [6.45, 7) is 4.81. The van der Waals surface area contributed by atoms with Crippen LogP contribution in [0.15, 0.2) is 12.0 Å². The number of hydrogen-bond donors (Lipinski definition) is 1. The summed E-state index contributed by atoms with van der Waals surface area (Å²) in [5.74, 6) is 0.410. The molecule has 0 spiro atoms. The lowest BCUT2D eigenvalue weighted by Gasteiger charge is -2.07. The van der Waals surface area contributed by atoms with Gasteiger partial charge in [-0.2, -0.15) is 0 Å². The fourth-order valence-corrected chi connectivity index (χ4v) is 0.519. The van der Waals surface area contributed by atoms with Crippen LogP contribution in [0.1, 0.15) is 13.8 Å². The summed E-state index contributed by atoms with van der Waals surface area (Å²) < 4.78 is 10.0. The van der Waals surface area contributed by atoms with Gasteiger partial charge in [-0.25, -0.2) is 0 Å². The highest BCUT2D eigenvalue weighted by molar-refractivity contribution is 4.82. The first-order valence-electron chi connectivity index (χ1n) is 3.41. The molecule has 3 heteroatoms. The Morgan fingerprint density at radius 1 is 1.30 bits per heavy atom. The fraction of sp³-hybridized carbons (Fsp3) is 0.714. The minimum absolute atomic E-state index is 0.0463. The third-order valence-corrected chi connectivity index (χ3v) is 0.831. The standard InChI is InChI=1S/C7H14O3/c1-3-9-7(5-6-8)10-4-2/h5,8H,3-4,6H2,1-2H3. The van der Waals surface area contributed by atoms with E-state index in [4.69, 9.17) is 14.6 Å². The van der Waals surface area contributed by atoms with Crippen LogP contribution in [0.25, 0.3) is 0 Å². The van der Waals surface area contributed by atoms with Crippen LogP contribution in [-0.4, -0.2) is 24.9 Å². The van der Waals surface area contributed by atoms with E-state index in [0.717, 1.165) is 0 Å². The molecule has 0 amide bonds. The highest BCUT2D eigenvalue weighted by Gasteiger charge is 1.93. The van der Waals surface area contributed by atoms with E-state index >= 15 is 0 Å². The average molecular weight is 146 g/mol. The smallest absolute Gasteiger partial charge is 0.277 e. The van der Waals surface area contributed by atoms with Crippen LogP contribution in [0.5, 0.6) is 0 Å². The Morgan fingerprint density at radius 3 is 2.10 bits per heavy atom. The van der Waals surface area contributed by atoms with Crippen molar-refractivity contribution in [2.45, 2.75) is 13.8 Å². The molecule has 0 atom stereocenters. The lowest BCUT2D eigenvalue weighted by molar-refractivity contribution is 0.0440. The molecule has 0 heterocycles. The Labute approximate surface area is 61.3 Å². The molecule has 0 aliphatic rings. The Kier molecular flexibility index (Phi) is 5.97. The second-order valence-electron chi connectivity index (χ2n) is 1.57. The number of hydrogen-bond acceptors (Lipinski definition) is 3. The topological polar surface area (TPSA) is 38.7 Å². The van der Waals surface area contributed by atoms with Crippen LogP contribution in [0.3, 0.4) is 0 Å². The molecule has 0 aromatic rings. The van der Waals surface area contributed by atoms with Crippen molar-refractivity contribution < 1.29 is 14.6 Å². The van der Waals surface area contributed by atoms with Gasteiger partial charge in [0.1, 0.15) is 0 Å². The number of rotatable bonds is 5. The normalized spacial score (nSPS) is 8.70. The summed E-state index contributed by atoms with van der Waals surface area (Å²) in [5.41, 5.74) is 0. The molecule has 0 aromatic heterocycles. The zero-order valence-electron chi connectivity index (χ0n) is 6.46. The first-order chi connectivity index (χ1) is 4.85. The molecule has 0 radical (unpaired) electrons. The van der Waals surface area contributed by atoms with E-state index < -0.39 is 0 Å². The largest absolute Gasteiger partial charge is 0.466 e. The summed E-state index contributed by atoms with van der Waals surface area (Å²) in [5, 5.41) is 8.45. The highest BCUT2D eigenvalue weighted by Crippen LogP contribution is 1.97. The molecule has 0 unspecified atom stereocenters. The maximum atomic E-state index is 8.45. The SMILES string of the molecule is CCOC(=CCO)OCC. The minimum atomic E-state index is -0.0463. The van der Waals surface area contributed by atoms with Gasteiger partial charge in [0.15, 0.2) is 0 Å². The first kappa shape index (κ1) is 9.30. The van der Waals surface area contributed by atoms with Gasteiger partial charge in [0.05, 0.1) is 19.8 Å². The van der Waals surface area contributed by atoms with Crippen molar-refractivity contribution in [1.29, 1.82) is 0 Å². The maximum absolute atomic E-state index is 8.45. The van der Waals surface area contributed by atoms with Crippen LogP contribution >= 0.6 is 0 Å². The van der Waals surface area contributed by atoms with Crippen LogP contribution in [0, 0.1) is 0 Å². The zero-order valence-corrected chi connectivity index (χ0v) is 6.46. The van der Waals surface area contributed by atoms with Crippen molar-refractivity contribution in [3.05, 3.63) is 12.0 Å². The highest BCUT2D eigenvalue weighted by atomic mass is 16.7. The second kappa shape index (κ2) is 6.42. The second-order valence-corrected chi connectivity index (χ2v) is 1.57. The third kappa shape index (κ3) is 4.21. The van der Waals surface area contributed by atoms with Crippen LogP contribution in [-0.2, 0) is 9.47 Å². The van der Waals surface area contributed by atoms with Crippen LogP contribution in [0.4, 0.5) is 0 Å². The van der Waals surface area contributed by atoms with Crippen LogP contribution < -0.4 is 0 Å². The van der Waals surface area contributed by atoms with E-state index in [0.29, 0.717) is 19.2 Å². The molecule has 10 heavy (non-hydrogen) atoms. The summed E-state index contributed by atoms with van der Waals surface area (Å²) in [6.07, 6.45) is 1.49. The summed E-state index contributed by atoms with van der Waals surface area (Å²) in [4.78, 5) is 0. The van der Waals surface area contributed by atoms with E-state index in [1.807, 2.05) is 13.8 Å². The molecule has 0 bridgehead atoms. The number of aliphatic hydroxyl groups is 1. The number of ether oxygens (including phenoxy) is 2. The van der Waals surface area contributed by atoms with Crippen molar-refractivity contribution in [3.8, 4) is 0 Å². The maximum Gasteiger partial charge on any atom is 0.277 e. The van der Waals surface area contributed by atoms with Crippen molar-refractivity contribution in [3.63, 3.8) is 0 Å². The zero-order chi connectivity index (χ0) is 7.82. The summed E-state index contributed by atoms with van der Waals surface area (Å²) in [7, 11) is 0. The molecule has 0 aliphatic carbocycles. The predicted molar refractivity (Wildman–Crippen MR) is 38.4 cm³/mol. The van der Waals surface area contributed by atoms with Crippen molar-refractivity contribution in [1.82, 2.24) is 0 Å². The lowest BCUT2D eigenvalue weighted by atomic mass is 10.6. The number of aliphatic hydroxyl groups excluding tert-OH is 1. The molecular weight excluding hydrogens is 132 g/mol. The van der Waals surface area contributed by atoms with Gasteiger partial charge in [-0.05, 0) is 13.8 Å². The Bertz CT molecular complexity index is 91.0. The van der Waals surface area contributed by atoms with Crippen molar-refractivity contribution in [2.75, 3.05) is 19.8 Å². The van der Waals surface area contributed by atoms with E-state index in [2.05, 4.69) is 0 Å². The summed E-state index contributed by atoms with van der Waals surface area (Å²) in [6, 6.07) is 0. The molecule has 0 saturated carbocycles. The van der Waals surface area contributed by atoms with Crippen LogP contribution in [0.2, 0.25) is 0 Å². The Balaban J connectivity index is 3.60. The monoisotopic (exact) mass is 146 g/mol. The van der Waals surface area contributed by atoms with Gasteiger partial charge in [0, 0.05) is 6.08 Å². The molecular formula is C7H14O3. The van der Waals surface area contributed by atoms with Gasteiger partial charge < -0.3 is 14.6 Å². The third-order valence-electron chi connectivity index (χ3n) is 0.831. The van der Waals surface area contributed by atoms with E-state index in [1.54, 1.807) is 0 Å². The predicted octanol–water partition coefficient (Wildman–Crippen LogP) is 0.893. The summed E-state index contributed by atoms with van der Waals surface area (Å²) >= 11 is 0. The van der Waals surface area contributed by atoms with Crippen molar-refractivity contribution in [2.24, 2.45) is 0 Å². The lowest BCUT2D eigenvalue weighted by Crippen LogP contribution is -1.98. The van der Waals surface area contributed by atoms with Gasteiger partial charge >= 0.3 is 0 Å². The van der Waals surface area contributed by atoms with E-state index in [9.17, 15) is 0 Å². The molecule has 0 aliphatic heterocycles. The van der Waals surface area contributed by atoms with Gasteiger partial charge in [-0.1, -0.05) is 0 Å². The minimum Gasteiger partial charge on any atom is -0.466 e. The molecule has 0 aromatic carbocycles. The molecule has 1 N–H and O–H groups in total. The molecule has 0 saturated heterocycles. The molecule has 0 fully saturated rings. The molecule has 3 nitrogen and oxygen atoms in total.